The molecule has 0 bridgehead atoms. The van der Waals surface area contributed by atoms with E-state index in [9.17, 15) is 23.2 Å². The van der Waals surface area contributed by atoms with E-state index < -0.39 is 23.6 Å². The van der Waals surface area contributed by atoms with Crippen LogP contribution in [0.3, 0.4) is 0 Å². The summed E-state index contributed by atoms with van der Waals surface area (Å²) in [5, 5.41) is 3.30. The van der Waals surface area contributed by atoms with E-state index in [2.05, 4.69) is 21.2 Å². The van der Waals surface area contributed by atoms with Crippen molar-refractivity contribution in [1.29, 1.82) is 0 Å². The van der Waals surface area contributed by atoms with Crippen molar-refractivity contribution >= 4 is 39.3 Å². The molecule has 6 rings (SSSR count). The van der Waals surface area contributed by atoms with Crippen molar-refractivity contribution in [2.75, 3.05) is 6.54 Å². The minimum Gasteiger partial charge on any atom is -0.490 e. The molecule has 1 aliphatic heterocycles. The summed E-state index contributed by atoms with van der Waals surface area (Å²) in [4.78, 5) is 42.5. The van der Waals surface area contributed by atoms with Crippen molar-refractivity contribution in [2.24, 2.45) is 0 Å². The van der Waals surface area contributed by atoms with E-state index in [-0.39, 0.29) is 50.6 Å². The van der Waals surface area contributed by atoms with E-state index in [4.69, 9.17) is 16.3 Å². The van der Waals surface area contributed by atoms with Crippen molar-refractivity contribution < 1.29 is 23.1 Å². The first kappa shape index (κ1) is 29.1. The van der Waals surface area contributed by atoms with Gasteiger partial charge < -0.3 is 15.0 Å². The zero-order valence-electron chi connectivity index (χ0n) is 22.7. The lowest BCUT2D eigenvalue weighted by atomic mass is 9.91. The number of nitrogens with zero attached hydrogens (tertiary/aromatic N) is 3. The predicted octanol–water partition coefficient (Wildman–Crippen LogP) is 5.82. The molecule has 2 aliphatic rings. The molecule has 2 amide bonds. The maximum atomic E-state index is 13.7. The molecule has 12 heteroatoms. The number of amides is 2. The molecule has 0 unspecified atom stereocenters. The van der Waals surface area contributed by atoms with Crippen molar-refractivity contribution in [2.45, 2.75) is 44.5 Å². The van der Waals surface area contributed by atoms with Crippen LogP contribution in [-0.4, -0.2) is 44.4 Å². The standard InChI is InChI=1S/C31H26BrClF2N4O4/c32-24-11-6-20(14-25(24)33)29(41)37-12-13-38-26(18-37)27(28(40)36-17-19-4-2-1-3-5-19)39(30(38)42)21-7-9-22(10-8-21)43-23-15-31(34,35)16-23/h1-11,14,23H,12-13,15-18H2,(H,36,40). The Labute approximate surface area is 258 Å². The molecule has 0 atom stereocenters. The summed E-state index contributed by atoms with van der Waals surface area (Å²) in [5.74, 6) is -3.07. The second-order valence-electron chi connectivity index (χ2n) is 10.6. The average molecular weight is 672 g/mol. The molecule has 8 nitrogen and oxygen atoms in total. The van der Waals surface area contributed by atoms with E-state index in [1.54, 1.807) is 47.4 Å². The van der Waals surface area contributed by atoms with Gasteiger partial charge in [0.2, 0.25) is 0 Å². The largest absolute Gasteiger partial charge is 0.490 e. The van der Waals surface area contributed by atoms with Crippen LogP contribution >= 0.6 is 27.5 Å². The van der Waals surface area contributed by atoms with Gasteiger partial charge in [0.15, 0.2) is 0 Å². The minimum absolute atomic E-state index is 0.0277. The lowest BCUT2D eigenvalue weighted by molar-refractivity contribution is -0.134. The number of ether oxygens (including phenoxy) is 1. The fraction of sp³-hybridized carbons (Fsp3) is 0.258. The van der Waals surface area contributed by atoms with Crippen molar-refractivity contribution in [1.82, 2.24) is 19.4 Å². The maximum absolute atomic E-state index is 13.7. The van der Waals surface area contributed by atoms with Gasteiger partial charge in [-0.3, -0.25) is 18.7 Å². The third kappa shape index (κ3) is 5.96. The highest BCUT2D eigenvalue weighted by Crippen LogP contribution is 2.39. The second-order valence-corrected chi connectivity index (χ2v) is 11.8. The Bertz CT molecular complexity index is 1750. The normalized spacial score (nSPS) is 15.9. The van der Waals surface area contributed by atoms with Gasteiger partial charge in [-0.15, -0.1) is 0 Å². The topological polar surface area (TPSA) is 85.6 Å². The van der Waals surface area contributed by atoms with Crippen molar-refractivity contribution in [3.8, 4) is 11.4 Å². The van der Waals surface area contributed by atoms with E-state index in [0.717, 1.165) is 5.56 Å². The number of alkyl halides is 2. The number of rotatable bonds is 7. The van der Waals surface area contributed by atoms with Gasteiger partial charge in [-0.25, -0.2) is 13.6 Å². The lowest BCUT2D eigenvalue weighted by Crippen LogP contribution is -2.43. The molecule has 1 aromatic heterocycles. The molecule has 1 aliphatic carbocycles. The summed E-state index contributed by atoms with van der Waals surface area (Å²) >= 11 is 9.56. The van der Waals surface area contributed by atoms with E-state index in [1.807, 2.05) is 30.3 Å². The third-order valence-corrected chi connectivity index (χ3v) is 8.83. The zero-order chi connectivity index (χ0) is 30.3. The Balaban J connectivity index is 1.33. The fourth-order valence-electron chi connectivity index (χ4n) is 5.34. The zero-order valence-corrected chi connectivity index (χ0v) is 25.1. The van der Waals surface area contributed by atoms with Crippen LogP contribution in [0.5, 0.6) is 5.75 Å². The highest BCUT2D eigenvalue weighted by molar-refractivity contribution is 9.10. The molecule has 1 N–H and O–H groups in total. The van der Waals surface area contributed by atoms with Crippen LogP contribution in [-0.2, 0) is 19.6 Å². The smallest absolute Gasteiger partial charge is 0.333 e. The van der Waals surface area contributed by atoms with Crippen LogP contribution < -0.4 is 15.7 Å². The molecular weight excluding hydrogens is 646 g/mol. The van der Waals surface area contributed by atoms with E-state index >= 15 is 0 Å². The number of carbonyl (C=O) groups excluding carboxylic acids is 2. The van der Waals surface area contributed by atoms with Gasteiger partial charge in [0.1, 0.15) is 17.5 Å². The molecule has 222 valence electrons. The molecule has 43 heavy (non-hydrogen) atoms. The van der Waals surface area contributed by atoms with Crippen LogP contribution in [0.1, 0.15) is 44.9 Å². The molecule has 0 spiro atoms. The molecule has 3 aromatic carbocycles. The van der Waals surface area contributed by atoms with Gasteiger partial charge in [-0.05, 0) is 64.0 Å². The molecule has 1 fully saturated rings. The summed E-state index contributed by atoms with van der Waals surface area (Å²) in [5.41, 5.74) is 1.75. The van der Waals surface area contributed by atoms with E-state index in [0.29, 0.717) is 32.2 Å². The van der Waals surface area contributed by atoms with E-state index in [1.165, 1.54) is 9.13 Å². The molecular formula is C31H26BrClF2N4O4. The van der Waals surface area contributed by atoms with Gasteiger partial charge in [-0.1, -0.05) is 41.9 Å². The van der Waals surface area contributed by atoms with Crippen molar-refractivity contribution in [3.63, 3.8) is 0 Å². The Hall–Kier alpha value is -3.96. The number of carbonyl (C=O) groups is 2. The summed E-state index contributed by atoms with van der Waals surface area (Å²) in [6, 6.07) is 20.7. The van der Waals surface area contributed by atoms with Crippen LogP contribution in [0.2, 0.25) is 5.02 Å². The first-order valence-corrected chi connectivity index (χ1v) is 14.8. The Kier molecular flexibility index (Phi) is 7.87. The maximum Gasteiger partial charge on any atom is 0.333 e. The summed E-state index contributed by atoms with van der Waals surface area (Å²) < 4.78 is 35.6. The summed E-state index contributed by atoms with van der Waals surface area (Å²) in [7, 11) is 0. The first-order valence-electron chi connectivity index (χ1n) is 13.7. The minimum atomic E-state index is -2.70. The molecule has 2 heterocycles. The van der Waals surface area contributed by atoms with Gasteiger partial charge in [0.05, 0.1) is 22.9 Å². The number of hydrogen-bond acceptors (Lipinski definition) is 4. The van der Waals surface area contributed by atoms with Crippen LogP contribution in [0.15, 0.2) is 82.1 Å². The van der Waals surface area contributed by atoms with Crippen LogP contribution in [0.25, 0.3) is 5.69 Å². The number of benzene rings is 3. The third-order valence-electron chi connectivity index (χ3n) is 7.59. The lowest BCUT2D eigenvalue weighted by Gasteiger charge is -2.34. The molecule has 0 saturated heterocycles. The number of halogens is 4. The van der Waals surface area contributed by atoms with Gasteiger partial charge >= 0.3 is 5.69 Å². The second kappa shape index (κ2) is 11.6. The Morgan fingerprint density at radius 3 is 2.42 bits per heavy atom. The Morgan fingerprint density at radius 1 is 1.02 bits per heavy atom. The quantitative estimate of drug-likeness (QED) is 0.269. The highest BCUT2D eigenvalue weighted by atomic mass is 79.9. The summed E-state index contributed by atoms with van der Waals surface area (Å²) in [6.45, 7) is 0.706. The number of nitrogens with one attached hydrogen (secondary N) is 1. The first-order chi connectivity index (χ1) is 20.6. The monoisotopic (exact) mass is 670 g/mol. The molecule has 4 aromatic rings. The fourth-order valence-corrected chi connectivity index (χ4v) is 5.76. The number of aromatic nitrogens is 2. The SMILES string of the molecule is O=C(NCc1ccccc1)c1c2n(c(=O)n1-c1ccc(OC3CC(F)(F)C3)cc1)CCN(C(=O)c1ccc(Br)c(Cl)c1)C2. The molecule has 0 radical (unpaired) electrons. The predicted molar refractivity (Wildman–Crippen MR) is 160 cm³/mol. The Morgan fingerprint density at radius 2 is 1.74 bits per heavy atom. The van der Waals surface area contributed by atoms with Crippen LogP contribution in [0.4, 0.5) is 8.78 Å². The number of imidazole rings is 1. The van der Waals surface area contributed by atoms with Gasteiger partial charge in [0.25, 0.3) is 17.7 Å². The van der Waals surface area contributed by atoms with Crippen molar-refractivity contribution in [3.05, 3.63) is 115 Å². The summed E-state index contributed by atoms with van der Waals surface area (Å²) in [6.07, 6.45) is -1.25. The van der Waals surface area contributed by atoms with Crippen LogP contribution in [0, 0.1) is 0 Å². The number of hydrogen-bond donors (Lipinski definition) is 1. The highest BCUT2D eigenvalue weighted by Gasteiger charge is 2.47. The average Bonchev–Trinajstić information content (AvgIpc) is 3.28. The van der Waals surface area contributed by atoms with Gasteiger partial charge in [-0.2, -0.15) is 0 Å². The van der Waals surface area contributed by atoms with Gasteiger partial charge in [0, 0.05) is 42.5 Å². The number of fused-ring (bicyclic) bond motifs is 1. The molecule has 1 saturated carbocycles.